The van der Waals surface area contributed by atoms with E-state index in [2.05, 4.69) is 11.4 Å². The van der Waals surface area contributed by atoms with Gasteiger partial charge in [-0.2, -0.15) is 23.7 Å². The van der Waals surface area contributed by atoms with E-state index in [1.54, 1.807) is 18.3 Å². The molecular formula is C24H17F3N4OS. The molecule has 1 aliphatic rings. The number of aryl methyl sites for hydroxylation is 1. The van der Waals surface area contributed by atoms with Crippen molar-refractivity contribution < 1.29 is 18.0 Å². The fourth-order valence-electron chi connectivity index (χ4n) is 3.82. The number of anilines is 1. The second-order valence-electron chi connectivity index (χ2n) is 7.50. The van der Waals surface area contributed by atoms with Crippen molar-refractivity contribution in [1.82, 2.24) is 4.57 Å². The number of alkyl halides is 3. The van der Waals surface area contributed by atoms with Crippen LogP contribution in [0.25, 0.3) is 11.8 Å². The molecule has 0 radical (unpaired) electrons. The molecule has 4 rings (SSSR count). The van der Waals surface area contributed by atoms with Gasteiger partial charge in [-0.05, 0) is 67.7 Å². The van der Waals surface area contributed by atoms with E-state index in [1.807, 2.05) is 6.07 Å². The van der Waals surface area contributed by atoms with E-state index in [-0.39, 0.29) is 11.3 Å². The predicted octanol–water partition coefficient (Wildman–Crippen LogP) is 5.85. The minimum atomic E-state index is -4.49. The van der Waals surface area contributed by atoms with Crippen LogP contribution in [0, 0.1) is 22.7 Å². The molecule has 1 aromatic carbocycles. The number of nitrogens with zero attached hydrogens (tertiary/aromatic N) is 3. The Bertz CT molecular complexity index is 1330. The van der Waals surface area contributed by atoms with Gasteiger partial charge in [0.15, 0.2) is 0 Å². The summed E-state index contributed by atoms with van der Waals surface area (Å²) in [7, 11) is 0. The Balaban J connectivity index is 1.64. The summed E-state index contributed by atoms with van der Waals surface area (Å²) >= 11 is 1.35. The Morgan fingerprint density at radius 3 is 2.67 bits per heavy atom. The van der Waals surface area contributed by atoms with Crippen LogP contribution in [0.3, 0.4) is 0 Å². The maximum atomic E-state index is 13.1. The zero-order valence-corrected chi connectivity index (χ0v) is 18.1. The summed E-state index contributed by atoms with van der Waals surface area (Å²) < 4.78 is 40.7. The van der Waals surface area contributed by atoms with Crippen molar-refractivity contribution in [2.45, 2.75) is 31.9 Å². The fourth-order valence-corrected chi connectivity index (χ4v) is 5.05. The molecule has 1 aliphatic carbocycles. The minimum Gasteiger partial charge on any atom is -0.317 e. The van der Waals surface area contributed by atoms with Crippen LogP contribution in [-0.4, -0.2) is 10.5 Å². The Morgan fingerprint density at radius 2 is 1.94 bits per heavy atom. The second-order valence-corrected chi connectivity index (χ2v) is 8.61. The van der Waals surface area contributed by atoms with Gasteiger partial charge in [-0.15, -0.1) is 11.3 Å². The number of carbonyl (C=O) groups is 1. The monoisotopic (exact) mass is 466 g/mol. The van der Waals surface area contributed by atoms with Gasteiger partial charge in [0.1, 0.15) is 22.7 Å². The van der Waals surface area contributed by atoms with Gasteiger partial charge in [0.25, 0.3) is 5.91 Å². The highest BCUT2D eigenvalue weighted by molar-refractivity contribution is 7.16. The lowest BCUT2D eigenvalue weighted by Gasteiger charge is -2.11. The molecule has 0 saturated carbocycles. The first kappa shape index (κ1) is 22.4. The van der Waals surface area contributed by atoms with Crippen molar-refractivity contribution in [3.05, 3.63) is 75.4 Å². The van der Waals surface area contributed by atoms with Crippen molar-refractivity contribution in [2.24, 2.45) is 0 Å². The van der Waals surface area contributed by atoms with Crippen LogP contribution in [0.1, 0.15) is 40.1 Å². The molecule has 0 atom stereocenters. The quantitative estimate of drug-likeness (QED) is 0.387. The standard InChI is InChI=1S/C24H17F3N4OS/c25-24(26,27)16-5-3-6-18(12-16)31-10-4-7-17(31)11-15(13-28)22(32)30-23-20(14-29)19-8-1-2-9-21(19)33-23/h3-7,10-12H,1-2,8-9H2,(H,30,32)/b15-11+. The topological polar surface area (TPSA) is 81.6 Å². The van der Waals surface area contributed by atoms with E-state index in [0.717, 1.165) is 48.3 Å². The smallest absolute Gasteiger partial charge is 0.317 e. The number of nitrogens with one attached hydrogen (secondary N) is 1. The van der Waals surface area contributed by atoms with Crippen molar-refractivity contribution in [3.63, 3.8) is 0 Å². The van der Waals surface area contributed by atoms with Crippen LogP contribution in [0.15, 0.2) is 48.2 Å². The van der Waals surface area contributed by atoms with Crippen LogP contribution < -0.4 is 5.32 Å². The van der Waals surface area contributed by atoms with Gasteiger partial charge in [-0.3, -0.25) is 4.79 Å². The molecule has 33 heavy (non-hydrogen) atoms. The average molecular weight is 466 g/mol. The molecule has 0 unspecified atom stereocenters. The Morgan fingerprint density at radius 1 is 1.15 bits per heavy atom. The van der Waals surface area contributed by atoms with E-state index in [0.29, 0.717) is 16.3 Å². The van der Waals surface area contributed by atoms with Crippen LogP contribution in [0.2, 0.25) is 0 Å². The number of hydrogen-bond acceptors (Lipinski definition) is 4. The van der Waals surface area contributed by atoms with Crippen molar-refractivity contribution in [3.8, 4) is 17.8 Å². The summed E-state index contributed by atoms with van der Waals surface area (Å²) in [5, 5.41) is 22.2. The van der Waals surface area contributed by atoms with Gasteiger partial charge in [0.05, 0.1) is 11.1 Å². The van der Waals surface area contributed by atoms with E-state index in [9.17, 15) is 28.5 Å². The molecule has 166 valence electrons. The molecule has 0 fully saturated rings. The van der Waals surface area contributed by atoms with Crippen molar-refractivity contribution >= 4 is 28.3 Å². The maximum Gasteiger partial charge on any atom is 0.416 e. The summed E-state index contributed by atoms with van der Waals surface area (Å²) in [5.41, 5.74) is 0.992. The molecule has 5 nitrogen and oxygen atoms in total. The molecule has 0 bridgehead atoms. The number of hydrogen-bond donors (Lipinski definition) is 1. The number of carbonyl (C=O) groups excluding carboxylic acids is 1. The highest BCUT2D eigenvalue weighted by atomic mass is 32.1. The molecule has 9 heteroatoms. The lowest BCUT2D eigenvalue weighted by molar-refractivity contribution is -0.137. The van der Waals surface area contributed by atoms with Crippen LogP contribution in [0.4, 0.5) is 18.2 Å². The predicted molar refractivity (Wildman–Crippen MR) is 119 cm³/mol. The Labute approximate surface area is 192 Å². The van der Waals surface area contributed by atoms with Gasteiger partial charge in [-0.25, -0.2) is 0 Å². The molecule has 1 amide bonds. The van der Waals surface area contributed by atoms with Crippen LogP contribution in [-0.2, 0) is 23.8 Å². The number of thiophene rings is 1. The fraction of sp³-hybridized carbons (Fsp3) is 0.208. The van der Waals surface area contributed by atoms with Gasteiger partial charge < -0.3 is 9.88 Å². The molecule has 1 N–H and O–H groups in total. The number of rotatable bonds is 4. The molecule has 3 aromatic rings. The summed E-state index contributed by atoms with van der Waals surface area (Å²) in [4.78, 5) is 13.9. The molecule has 2 heterocycles. The van der Waals surface area contributed by atoms with Gasteiger partial charge >= 0.3 is 6.18 Å². The third kappa shape index (κ3) is 4.55. The molecule has 2 aromatic heterocycles. The molecule has 0 spiro atoms. The number of amides is 1. The summed E-state index contributed by atoms with van der Waals surface area (Å²) in [6.45, 7) is 0. The zero-order valence-electron chi connectivity index (χ0n) is 17.2. The molecule has 0 saturated heterocycles. The number of nitriles is 2. The zero-order chi connectivity index (χ0) is 23.6. The number of benzene rings is 1. The molecule has 0 aliphatic heterocycles. The lowest BCUT2D eigenvalue weighted by Crippen LogP contribution is -2.14. The van der Waals surface area contributed by atoms with Gasteiger partial charge in [-0.1, -0.05) is 6.07 Å². The number of fused-ring (bicyclic) bond motifs is 1. The Hall–Kier alpha value is -3.82. The van der Waals surface area contributed by atoms with E-state index in [1.165, 1.54) is 34.1 Å². The van der Waals surface area contributed by atoms with E-state index < -0.39 is 17.6 Å². The van der Waals surface area contributed by atoms with Crippen LogP contribution >= 0.6 is 11.3 Å². The molecular weight excluding hydrogens is 449 g/mol. The summed E-state index contributed by atoms with van der Waals surface area (Å²) in [6, 6.07) is 12.0. The minimum absolute atomic E-state index is 0.225. The normalized spacial score (nSPS) is 13.7. The third-order valence-electron chi connectivity index (χ3n) is 5.40. The first-order valence-electron chi connectivity index (χ1n) is 10.1. The number of halogens is 3. The summed E-state index contributed by atoms with van der Waals surface area (Å²) in [5.74, 6) is -0.676. The van der Waals surface area contributed by atoms with E-state index in [4.69, 9.17) is 0 Å². The highest BCUT2D eigenvalue weighted by Gasteiger charge is 2.30. The maximum absolute atomic E-state index is 13.1. The summed E-state index contributed by atoms with van der Waals surface area (Å²) in [6.07, 6.45) is 2.04. The highest BCUT2D eigenvalue weighted by Crippen LogP contribution is 2.38. The first-order chi connectivity index (χ1) is 15.8. The van der Waals surface area contributed by atoms with Gasteiger partial charge in [0, 0.05) is 22.5 Å². The third-order valence-corrected chi connectivity index (χ3v) is 6.61. The number of aromatic nitrogens is 1. The van der Waals surface area contributed by atoms with Crippen molar-refractivity contribution in [2.75, 3.05) is 5.32 Å². The average Bonchev–Trinajstić information content (AvgIpc) is 3.40. The first-order valence-corrected chi connectivity index (χ1v) is 11.0. The Kier molecular flexibility index (Phi) is 6.08. The van der Waals surface area contributed by atoms with Gasteiger partial charge in [0.2, 0.25) is 0 Å². The van der Waals surface area contributed by atoms with Crippen LogP contribution in [0.5, 0.6) is 0 Å². The SMILES string of the molecule is N#C/C(=C\c1cccn1-c1cccc(C(F)(F)F)c1)C(=O)Nc1sc2c(c1C#N)CCCC2. The second kappa shape index (κ2) is 8.97. The largest absolute Gasteiger partial charge is 0.416 e. The van der Waals surface area contributed by atoms with E-state index >= 15 is 0 Å². The lowest BCUT2D eigenvalue weighted by atomic mass is 9.96. The van der Waals surface area contributed by atoms with Crippen molar-refractivity contribution in [1.29, 1.82) is 10.5 Å².